The van der Waals surface area contributed by atoms with Gasteiger partial charge in [-0.1, -0.05) is 19.1 Å². The van der Waals surface area contributed by atoms with Crippen LogP contribution in [-0.2, 0) is 6.42 Å². The zero-order valence-corrected chi connectivity index (χ0v) is 12.1. The molecule has 21 heavy (non-hydrogen) atoms. The van der Waals surface area contributed by atoms with Crippen LogP contribution < -0.4 is 10.5 Å². The molecular formula is C17H17N3O. The summed E-state index contributed by atoms with van der Waals surface area (Å²) in [7, 11) is 0. The van der Waals surface area contributed by atoms with Gasteiger partial charge in [-0.2, -0.15) is 0 Å². The van der Waals surface area contributed by atoms with E-state index in [2.05, 4.69) is 16.9 Å². The first kappa shape index (κ1) is 13.4. The van der Waals surface area contributed by atoms with Gasteiger partial charge in [0.25, 0.3) is 0 Å². The van der Waals surface area contributed by atoms with Crippen molar-refractivity contribution in [2.75, 3.05) is 5.73 Å². The lowest BCUT2D eigenvalue weighted by Gasteiger charge is -2.13. The largest absolute Gasteiger partial charge is 0.453 e. The number of pyridine rings is 2. The van der Waals surface area contributed by atoms with E-state index in [1.165, 1.54) is 0 Å². The second-order valence-electron chi connectivity index (χ2n) is 4.91. The number of hydrogen-bond donors (Lipinski definition) is 1. The van der Waals surface area contributed by atoms with Gasteiger partial charge in [0.2, 0.25) is 0 Å². The van der Waals surface area contributed by atoms with Crippen LogP contribution in [0.1, 0.15) is 18.3 Å². The third-order valence-corrected chi connectivity index (χ3v) is 3.37. The highest BCUT2D eigenvalue weighted by atomic mass is 16.5. The molecule has 4 nitrogen and oxygen atoms in total. The van der Waals surface area contributed by atoms with Crippen LogP contribution in [0.25, 0.3) is 10.9 Å². The highest BCUT2D eigenvalue weighted by Crippen LogP contribution is 2.35. The quantitative estimate of drug-likeness (QED) is 0.790. The number of nitrogen functional groups attached to an aromatic ring is 1. The molecular weight excluding hydrogens is 262 g/mol. The lowest BCUT2D eigenvalue weighted by Crippen LogP contribution is -1.99. The summed E-state index contributed by atoms with van der Waals surface area (Å²) in [6, 6.07) is 11.7. The Kier molecular flexibility index (Phi) is 3.44. The molecule has 0 aliphatic carbocycles. The smallest absolute Gasteiger partial charge is 0.161 e. The van der Waals surface area contributed by atoms with E-state index >= 15 is 0 Å². The summed E-state index contributed by atoms with van der Waals surface area (Å²) in [5.74, 6) is 1.38. The minimum atomic E-state index is 0.524. The van der Waals surface area contributed by atoms with Crippen molar-refractivity contribution in [1.29, 1.82) is 0 Å². The predicted molar refractivity (Wildman–Crippen MR) is 84.6 cm³/mol. The van der Waals surface area contributed by atoms with E-state index in [1.807, 2.05) is 43.3 Å². The molecule has 4 heteroatoms. The van der Waals surface area contributed by atoms with Crippen molar-refractivity contribution in [3.8, 4) is 11.5 Å². The molecule has 3 rings (SSSR count). The van der Waals surface area contributed by atoms with Crippen LogP contribution >= 0.6 is 0 Å². The summed E-state index contributed by atoms with van der Waals surface area (Å²) in [6.45, 7) is 4.03. The molecule has 0 atom stereocenters. The number of nitrogens with two attached hydrogens (primary N) is 1. The molecule has 0 fully saturated rings. The molecule has 0 unspecified atom stereocenters. The van der Waals surface area contributed by atoms with Gasteiger partial charge in [0.05, 0.1) is 23.1 Å². The first-order valence-electron chi connectivity index (χ1n) is 6.96. The van der Waals surface area contributed by atoms with Gasteiger partial charge in [-0.25, -0.2) is 0 Å². The molecule has 0 saturated heterocycles. The molecule has 0 aliphatic rings. The van der Waals surface area contributed by atoms with Crippen molar-refractivity contribution in [3.05, 3.63) is 54.0 Å². The lowest BCUT2D eigenvalue weighted by molar-refractivity contribution is 0.480. The fraction of sp³-hybridized carbons (Fsp3) is 0.176. The van der Waals surface area contributed by atoms with Crippen molar-refractivity contribution < 1.29 is 4.74 Å². The highest BCUT2D eigenvalue weighted by molar-refractivity contribution is 5.89. The number of anilines is 1. The fourth-order valence-electron chi connectivity index (χ4n) is 2.30. The molecule has 2 N–H and O–H groups in total. The number of fused-ring (bicyclic) bond motifs is 1. The van der Waals surface area contributed by atoms with E-state index in [1.54, 1.807) is 6.20 Å². The van der Waals surface area contributed by atoms with Crippen LogP contribution in [0.15, 0.2) is 42.6 Å². The maximum Gasteiger partial charge on any atom is 0.161 e. The van der Waals surface area contributed by atoms with Gasteiger partial charge in [0, 0.05) is 11.1 Å². The predicted octanol–water partition coefficient (Wildman–Crippen LogP) is 3.88. The zero-order chi connectivity index (χ0) is 14.8. The Morgan fingerprint density at radius 2 is 1.95 bits per heavy atom. The lowest BCUT2D eigenvalue weighted by atomic mass is 10.2. The summed E-state index contributed by atoms with van der Waals surface area (Å²) < 4.78 is 6.07. The maximum atomic E-state index is 6.07. The number of para-hydroxylation sites is 1. The Hall–Kier alpha value is -2.62. The fourth-order valence-corrected chi connectivity index (χ4v) is 2.30. The van der Waals surface area contributed by atoms with E-state index < -0.39 is 0 Å². The van der Waals surface area contributed by atoms with Crippen LogP contribution in [0, 0.1) is 6.92 Å². The van der Waals surface area contributed by atoms with Crippen molar-refractivity contribution in [2.24, 2.45) is 0 Å². The normalized spacial score (nSPS) is 10.8. The Morgan fingerprint density at radius 3 is 2.76 bits per heavy atom. The highest BCUT2D eigenvalue weighted by Gasteiger charge is 2.11. The molecule has 0 aliphatic heterocycles. The Balaban J connectivity index is 2.12. The number of nitrogens with zero attached hydrogens (tertiary/aromatic N) is 2. The molecule has 2 heterocycles. The van der Waals surface area contributed by atoms with E-state index in [9.17, 15) is 0 Å². The number of aryl methyl sites for hydroxylation is 2. The SMILES string of the molecule is CCc1nc(C)ccc1Oc1c(N)cnc2ccccc12. The molecule has 0 saturated carbocycles. The second-order valence-corrected chi connectivity index (χ2v) is 4.91. The summed E-state index contributed by atoms with van der Waals surface area (Å²) in [5.41, 5.74) is 9.34. The third-order valence-electron chi connectivity index (χ3n) is 3.37. The van der Waals surface area contributed by atoms with Crippen LogP contribution in [0.4, 0.5) is 5.69 Å². The summed E-state index contributed by atoms with van der Waals surface area (Å²) >= 11 is 0. The number of aromatic nitrogens is 2. The van der Waals surface area contributed by atoms with Gasteiger partial charge >= 0.3 is 0 Å². The Labute approximate surface area is 123 Å². The van der Waals surface area contributed by atoms with Gasteiger partial charge in [0.1, 0.15) is 5.75 Å². The molecule has 106 valence electrons. The third kappa shape index (κ3) is 2.52. The van der Waals surface area contributed by atoms with Gasteiger partial charge in [-0.3, -0.25) is 9.97 Å². The average Bonchev–Trinajstić information content (AvgIpc) is 2.51. The number of rotatable bonds is 3. The number of ether oxygens (including phenoxy) is 1. The summed E-state index contributed by atoms with van der Waals surface area (Å²) in [5, 5.41) is 0.903. The second kappa shape index (κ2) is 5.40. The van der Waals surface area contributed by atoms with Crippen molar-refractivity contribution in [1.82, 2.24) is 9.97 Å². The zero-order valence-electron chi connectivity index (χ0n) is 12.1. The Bertz CT molecular complexity index is 799. The topological polar surface area (TPSA) is 61.0 Å². The molecule has 1 aromatic carbocycles. The van der Waals surface area contributed by atoms with Crippen molar-refractivity contribution in [3.63, 3.8) is 0 Å². The van der Waals surface area contributed by atoms with E-state index in [-0.39, 0.29) is 0 Å². The van der Waals surface area contributed by atoms with Crippen LogP contribution in [0.5, 0.6) is 11.5 Å². The van der Waals surface area contributed by atoms with Gasteiger partial charge < -0.3 is 10.5 Å². The standard InChI is InChI=1S/C17H17N3O/c1-3-14-16(9-8-11(2)20-14)21-17-12-6-4-5-7-15(12)19-10-13(17)18/h4-10H,3,18H2,1-2H3. The summed E-state index contributed by atoms with van der Waals surface area (Å²) in [4.78, 5) is 8.84. The molecule has 0 amide bonds. The minimum absolute atomic E-state index is 0.524. The van der Waals surface area contributed by atoms with Crippen molar-refractivity contribution in [2.45, 2.75) is 20.3 Å². The van der Waals surface area contributed by atoms with Crippen molar-refractivity contribution >= 4 is 16.6 Å². The minimum Gasteiger partial charge on any atom is -0.453 e. The first-order valence-corrected chi connectivity index (χ1v) is 6.96. The molecule has 0 radical (unpaired) electrons. The average molecular weight is 279 g/mol. The van der Waals surface area contributed by atoms with Gasteiger partial charge in [-0.15, -0.1) is 0 Å². The molecule has 0 bridgehead atoms. The van der Waals surface area contributed by atoms with Gasteiger partial charge in [0.15, 0.2) is 5.75 Å². The Morgan fingerprint density at radius 1 is 1.14 bits per heavy atom. The van der Waals surface area contributed by atoms with Gasteiger partial charge in [-0.05, 0) is 37.6 Å². The van der Waals surface area contributed by atoms with E-state index in [0.717, 1.165) is 34.5 Å². The van der Waals surface area contributed by atoms with Crippen LogP contribution in [0.3, 0.4) is 0 Å². The molecule has 0 spiro atoms. The molecule has 3 aromatic rings. The van der Waals surface area contributed by atoms with Crippen LogP contribution in [0.2, 0.25) is 0 Å². The first-order chi connectivity index (χ1) is 10.2. The number of benzene rings is 1. The van der Waals surface area contributed by atoms with E-state index in [0.29, 0.717) is 11.4 Å². The number of hydrogen-bond acceptors (Lipinski definition) is 4. The monoisotopic (exact) mass is 279 g/mol. The molecule has 2 aromatic heterocycles. The van der Waals surface area contributed by atoms with Crippen LogP contribution in [-0.4, -0.2) is 9.97 Å². The summed E-state index contributed by atoms with van der Waals surface area (Å²) in [6.07, 6.45) is 2.44. The van der Waals surface area contributed by atoms with E-state index in [4.69, 9.17) is 10.5 Å². The maximum absolute atomic E-state index is 6.07.